The van der Waals surface area contributed by atoms with Crippen LogP contribution >= 0.6 is 24.0 Å². The summed E-state index contributed by atoms with van der Waals surface area (Å²) in [5.74, 6) is 0.655. The predicted octanol–water partition coefficient (Wildman–Crippen LogP) is 2.42. The number of nitrogens with zero attached hydrogens (tertiary/aromatic N) is 3. The average molecular weight is 521 g/mol. The van der Waals surface area contributed by atoms with Gasteiger partial charge in [0.05, 0.1) is 12.6 Å². The molecule has 2 saturated heterocycles. The monoisotopic (exact) mass is 521 g/mol. The standard InChI is InChI=1S/C17H30F3N5O2.HI/c1-16(2,3)27-15(26)23-13-6-8-25(10-13)14(21-4)22-12-5-7-24(9-12)11-17(18,19)20;/h12-13H,5-11H2,1-4H3,(H,21,22)(H,23,26);1H. The first-order chi connectivity index (χ1) is 12.4. The highest BCUT2D eigenvalue weighted by Gasteiger charge is 2.35. The Bertz CT molecular complexity index is 554. The summed E-state index contributed by atoms with van der Waals surface area (Å²) in [4.78, 5) is 19.6. The maximum Gasteiger partial charge on any atom is 0.407 e. The number of likely N-dealkylation sites (tertiary alicyclic amines) is 2. The first kappa shape index (κ1) is 25.1. The largest absolute Gasteiger partial charge is 0.444 e. The molecule has 1 amide bonds. The van der Waals surface area contributed by atoms with Crippen molar-refractivity contribution in [1.29, 1.82) is 0 Å². The lowest BCUT2D eigenvalue weighted by molar-refractivity contribution is -0.143. The number of guanidine groups is 1. The summed E-state index contributed by atoms with van der Waals surface area (Å²) in [6.07, 6.45) is -3.23. The van der Waals surface area contributed by atoms with Gasteiger partial charge >= 0.3 is 12.3 Å². The number of carbonyl (C=O) groups is 1. The number of alkyl halides is 3. The number of carbonyl (C=O) groups excluding carboxylic acids is 1. The number of alkyl carbamates (subject to hydrolysis) is 1. The Morgan fingerprint density at radius 3 is 2.29 bits per heavy atom. The van der Waals surface area contributed by atoms with E-state index in [2.05, 4.69) is 15.6 Å². The Hall–Kier alpha value is -0.980. The van der Waals surface area contributed by atoms with Crippen LogP contribution in [0.25, 0.3) is 0 Å². The average Bonchev–Trinajstić information content (AvgIpc) is 3.10. The van der Waals surface area contributed by atoms with E-state index < -0.39 is 24.4 Å². The summed E-state index contributed by atoms with van der Waals surface area (Å²) in [6.45, 7) is 6.59. The zero-order valence-electron chi connectivity index (χ0n) is 16.8. The summed E-state index contributed by atoms with van der Waals surface area (Å²) in [7, 11) is 1.65. The van der Waals surface area contributed by atoms with Crippen molar-refractivity contribution < 1.29 is 22.7 Å². The molecule has 2 fully saturated rings. The van der Waals surface area contributed by atoms with E-state index in [9.17, 15) is 18.0 Å². The van der Waals surface area contributed by atoms with Crippen molar-refractivity contribution in [2.24, 2.45) is 4.99 Å². The van der Waals surface area contributed by atoms with E-state index in [0.717, 1.165) is 6.42 Å². The van der Waals surface area contributed by atoms with Crippen molar-refractivity contribution in [3.05, 3.63) is 0 Å². The number of aliphatic imine (C=N–C) groups is 1. The Labute approximate surface area is 181 Å². The van der Waals surface area contributed by atoms with Crippen LogP contribution in [0.2, 0.25) is 0 Å². The molecule has 2 N–H and O–H groups in total. The van der Waals surface area contributed by atoms with Crippen LogP contribution in [0, 0.1) is 0 Å². The highest BCUT2D eigenvalue weighted by Crippen LogP contribution is 2.20. The number of nitrogens with one attached hydrogen (secondary N) is 2. The second kappa shape index (κ2) is 10.2. The Balaban J connectivity index is 0.00000392. The molecule has 2 aliphatic rings. The minimum absolute atomic E-state index is 0. The van der Waals surface area contributed by atoms with Crippen molar-refractivity contribution in [3.8, 4) is 0 Å². The molecule has 2 heterocycles. The first-order valence-corrected chi connectivity index (χ1v) is 9.22. The van der Waals surface area contributed by atoms with Gasteiger partial charge in [0.1, 0.15) is 5.60 Å². The Morgan fingerprint density at radius 2 is 1.71 bits per heavy atom. The molecule has 0 saturated carbocycles. The van der Waals surface area contributed by atoms with Gasteiger partial charge in [-0.25, -0.2) is 4.79 Å². The molecular formula is C17H31F3IN5O2. The van der Waals surface area contributed by atoms with Gasteiger partial charge < -0.3 is 20.3 Å². The van der Waals surface area contributed by atoms with E-state index >= 15 is 0 Å². The van der Waals surface area contributed by atoms with E-state index in [1.54, 1.807) is 7.05 Å². The maximum atomic E-state index is 12.5. The first-order valence-electron chi connectivity index (χ1n) is 9.22. The molecular weight excluding hydrogens is 490 g/mol. The number of amides is 1. The van der Waals surface area contributed by atoms with E-state index in [1.807, 2.05) is 25.7 Å². The van der Waals surface area contributed by atoms with Gasteiger partial charge in [-0.1, -0.05) is 0 Å². The molecule has 0 aromatic rings. The van der Waals surface area contributed by atoms with Crippen molar-refractivity contribution in [3.63, 3.8) is 0 Å². The van der Waals surface area contributed by atoms with Gasteiger partial charge in [-0.15, -0.1) is 24.0 Å². The molecule has 7 nitrogen and oxygen atoms in total. The van der Waals surface area contributed by atoms with Crippen LogP contribution in [-0.4, -0.2) is 85.5 Å². The molecule has 164 valence electrons. The van der Waals surface area contributed by atoms with Gasteiger partial charge in [0, 0.05) is 39.3 Å². The normalized spacial score (nSPS) is 24.1. The van der Waals surface area contributed by atoms with E-state index in [-0.39, 0.29) is 36.1 Å². The third-order valence-corrected chi connectivity index (χ3v) is 4.43. The number of ether oxygens (including phenoxy) is 1. The van der Waals surface area contributed by atoms with Crippen LogP contribution in [0.4, 0.5) is 18.0 Å². The Morgan fingerprint density at radius 1 is 1.11 bits per heavy atom. The van der Waals surface area contributed by atoms with E-state index in [0.29, 0.717) is 38.6 Å². The summed E-state index contributed by atoms with van der Waals surface area (Å²) in [6, 6.07) is -0.118. The fourth-order valence-corrected chi connectivity index (χ4v) is 3.37. The van der Waals surface area contributed by atoms with Gasteiger partial charge in [0.25, 0.3) is 0 Å². The van der Waals surface area contributed by atoms with Gasteiger partial charge in [-0.05, 0) is 33.6 Å². The molecule has 11 heteroatoms. The second-order valence-electron chi connectivity index (χ2n) is 8.11. The van der Waals surface area contributed by atoms with Crippen LogP contribution in [-0.2, 0) is 4.74 Å². The Kier molecular flexibility index (Phi) is 9.10. The van der Waals surface area contributed by atoms with Crippen molar-refractivity contribution >= 4 is 36.0 Å². The number of rotatable bonds is 3. The van der Waals surface area contributed by atoms with Gasteiger partial charge in [0.2, 0.25) is 0 Å². The molecule has 28 heavy (non-hydrogen) atoms. The van der Waals surface area contributed by atoms with Crippen molar-refractivity contribution in [1.82, 2.24) is 20.4 Å². The molecule has 0 aliphatic carbocycles. The van der Waals surface area contributed by atoms with Crippen molar-refractivity contribution in [2.45, 2.75) is 57.5 Å². The predicted molar refractivity (Wildman–Crippen MR) is 112 cm³/mol. The minimum atomic E-state index is -4.17. The van der Waals surface area contributed by atoms with Gasteiger partial charge in [-0.2, -0.15) is 13.2 Å². The van der Waals surface area contributed by atoms with Crippen LogP contribution in [0.1, 0.15) is 33.6 Å². The molecule has 0 aromatic heterocycles. The summed E-state index contributed by atoms with van der Waals surface area (Å²) in [5, 5.41) is 6.11. The van der Waals surface area contributed by atoms with Gasteiger partial charge in [-0.3, -0.25) is 9.89 Å². The molecule has 2 rings (SSSR count). The third-order valence-electron chi connectivity index (χ3n) is 4.43. The topological polar surface area (TPSA) is 69.2 Å². The lowest BCUT2D eigenvalue weighted by atomic mass is 10.2. The number of hydrogen-bond donors (Lipinski definition) is 2. The summed E-state index contributed by atoms with van der Waals surface area (Å²) < 4.78 is 42.8. The van der Waals surface area contributed by atoms with Crippen LogP contribution in [0.15, 0.2) is 4.99 Å². The lowest BCUT2D eigenvalue weighted by Crippen LogP contribution is -2.48. The summed E-state index contributed by atoms with van der Waals surface area (Å²) in [5.41, 5.74) is -0.551. The maximum absolute atomic E-state index is 12.5. The molecule has 2 aliphatic heterocycles. The van der Waals surface area contributed by atoms with Gasteiger partial charge in [0.15, 0.2) is 5.96 Å². The van der Waals surface area contributed by atoms with Crippen molar-refractivity contribution in [2.75, 3.05) is 39.8 Å². The molecule has 0 aromatic carbocycles. The lowest BCUT2D eigenvalue weighted by Gasteiger charge is -2.25. The van der Waals surface area contributed by atoms with E-state index in [1.165, 1.54) is 4.90 Å². The number of hydrogen-bond acceptors (Lipinski definition) is 4. The zero-order chi connectivity index (χ0) is 20.2. The zero-order valence-corrected chi connectivity index (χ0v) is 19.1. The quantitative estimate of drug-likeness (QED) is 0.340. The fourth-order valence-electron chi connectivity index (χ4n) is 3.37. The van der Waals surface area contributed by atoms with E-state index in [4.69, 9.17) is 4.74 Å². The van der Waals surface area contributed by atoms with Crippen LogP contribution in [0.5, 0.6) is 0 Å². The molecule has 2 unspecified atom stereocenters. The summed E-state index contributed by atoms with van der Waals surface area (Å²) >= 11 is 0. The molecule has 0 spiro atoms. The highest BCUT2D eigenvalue weighted by molar-refractivity contribution is 14.0. The fraction of sp³-hybridized carbons (Fsp3) is 0.882. The molecule has 0 bridgehead atoms. The minimum Gasteiger partial charge on any atom is -0.444 e. The SMILES string of the molecule is CN=C(NC1CCN(CC(F)(F)F)C1)N1CCC(NC(=O)OC(C)(C)C)C1.I. The third kappa shape index (κ3) is 8.58. The molecule has 0 radical (unpaired) electrons. The second-order valence-corrected chi connectivity index (χ2v) is 8.11. The van der Waals surface area contributed by atoms with Crippen LogP contribution < -0.4 is 10.6 Å². The number of halogens is 4. The smallest absolute Gasteiger partial charge is 0.407 e. The highest BCUT2D eigenvalue weighted by atomic mass is 127. The van der Waals surface area contributed by atoms with Crippen LogP contribution in [0.3, 0.4) is 0 Å². The molecule has 2 atom stereocenters.